The van der Waals surface area contributed by atoms with Crippen LogP contribution >= 0.6 is 0 Å². The van der Waals surface area contributed by atoms with Crippen molar-refractivity contribution in [2.75, 3.05) is 13.9 Å². The topological polar surface area (TPSA) is 94.5 Å². The molecule has 0 amide bonds. The summed E-state index contributed by atoms with van der Waals surface area (Å²) in [5.41, 5.74) is -22.5. The molecule has 0 aromatic carbocycles. The molecular weight excluding hydrogens is 1090 g/mol. The van der Waals surface area contributed by atoms with Crippen molar-refractivity contribution < 1.29 is 152 Å². The molecular formula is C39H39F27O7. The highest BCUT2D eigenvalue weighted by atomic mass is 19.5. The van der Waals surface area contributed by atoms with E-state index in [9.17, 15) is 134 Å². The minimum atomic E-state index is -6.78. The second-order valence-electron chi connectivity index (χ2n) is 18.4. The number of halogens is 27. The maximum Gasteiger partial charge on any atom is 0.426 e. The average molecular weight is 1130 g/mol. The van der Waals surface area contributed by atoms with Crippen molar-refractivity contribution in [2.24, 2.45) is 47.3 Å². The molecule has 0 spiro atoms. The van der Waals surface area contributed by atoms with E-state index in [4.69, 9.17) is 0 Å². The van der Waals surface area contributed by atoms with E-state index < -0.39 is 164 Å². The summed E-state index contributed by atoms with van der Waals surface area (Å²) in [4.78, 5) is 11.5. The third-order valence-corrected chi connectivity index (χ3v) is 14.2. The van der Waals surface area contributed by atoms with Gasteiger partial charge in [-0.25, -0.2) is 4.79 Å². The number of hydrogen-bond donors (Lipinski definition) is 2. The molecule has 0 aromatic heterocycles. The Kier molecular flexibility index (Phi) is 16.8. The monoisotopic (exact) mass is 1130 g/mol. The van der Waals surface area contributed by atoms with Crippen molar-refractivity contribution in [3.8, 4) is 0 Å². The number of fused-ring (bicyclic) bond motifs is 7. The van der Waals surface area contributed by atoms with Crippen molar-refractivity contribution in [3.63, 3.8) is 0 Å². The SMILES string of the molecule is C=C(C(=O)OC1CC(C(O)(C(F)(F)F)C(F)(F)F)CC(C(O)(C(F)(F)F)C(F)(F)F)C1)C(F)(F)F.COCOC(CC1CC2C=CC1C2)(C(F)(F)F)C(F)(F)F.FC(F)(F)C1(C(F)(F)F)OC2C3CCC(C3)C21. The van der Waals surface area contributed by atoms with Crippen LogP contribution in [0.3, 0.4) is 0 Å². The van der Waals surface area contributed by atoms with E-state index in [1.54, 1.807) is 6.08 Å². The van der Waals surface area contributed by atoms with Crippen LogP contribution in [0, 0.1) is 47.3 Å². The fourth-order valence-corrected chi connectivity index (χ4v) is 10.8. The summed E-state index contributed by atoms with van der Waals surface area (Å²) in [5.74, 6) is -12.8. The molecule has 1 heterocycles. The summed E-state index contributed by atoms with van der Waals surface area (Å²) in [7, 11) is 0.984. The first-order valence-electron chi connectivity index (χ1n) is 20.9. The number of esters is 1. The third-order valence-electron chi connectivity index (χ3n) is 14.2. The van der Waals surface area contributed by atoms with Gasteiger partial charge in [-0.05, 0) is 87.4 Å². The Morgan fingerprint density at radius 1 is 0.603 bits per heavy atom. The minimum absolute atomic E-state index is 0.0848. The highest BCUT2D eigenvalue weighted by Crippen LogP contribution is 2.69. The molecule has 34 heteroatoms. The van der Waals surface area contributed by atoms with Crippen LogP contribution in [0.2, 0.25) is 0 Å². The Morgan fingerprint density at radius 2 is 1.04 bits per heavy atom. The zero-order valence-corrected chi connectivity index (χ0v) is 36.3. The van der Waals surface area contributed by atoms with Crippen molar-refractivity contribution in [3.05, 3.63) is 24.3 Å². The van der Waals surface area contributed by atoms with Crippen LogP contribution in [0.1, 0.15) is 57.8 Å². The number of methoxy groups -OCH3 is 1. The van der Waals surface area contributed by atoms with Gasteiger partial charge in [0.2, 0.25) is 0 Å². The Bertz CT molecular complexity index is 1870. The number of rotatable bonds is 9. The summed E-state index contributed by atoms with van der Waals surface area (Å²) >= 11 is 0. The van der Waals surface area contributed by atoms with E-state index >= 15 is 0 Å². The summed E-state index contributed by atoms with van der Waals surface area (Å²) in [6, 6.07) is 0. The number of carbonyl (C=O) groups is 1. The van der Waals surface area contributed by atoms with E-state index in [2.05, 4.69) is 25.5 Å². The van der Waals surface area contributed by atoms with Gasteiger partial charge in [0.05, 0.1) is 6.10 Å². The summed E-state index contributed by atoms with van der Waals surface area (Å²) in [5, 5.41) is 18.9. The Balaban J connectivity index is 0.000000256. The molecule has 1 saturated heterocycles. The van der Waals surface area contributed by atoms with Gasteiger partial charge in [-0.2, -0.15) is 119 Å². The average Bonchev–Trinajstić information content (AvgIpc) is 3.97. The Labute approximate surface area is 392 Å². The molecule has 73 heavy (non-hydrogen) atoms. The highest BCUT2D eigenvalue weighted by Gasteiger charge is 2.86. The number of ether oxygens (including phenoxy) is 4. The van der Waals surface area contributed by atoms with Crippen LogP contribution < -0.4 is 0 Å². The second kappa shape index (κ2) is 19.7. The number of allylic oxidation sites excluding steroid dienone is 2. The van der Waals surface area contributed by atoms with Crippen LogP contribution in [0.4, 0.5) is 119 Å². The van der Waals surface area contributed by atoms with E-state index in [1.165, 1.54) is 0 Å². The molecule has 1 aliphatic heterocycles. The molecule has 0 radical (unpaired) electrons. The summed E-state index contributed by atoms with van der Waals surface area (Å²) in [6.07, 6.45) is -59.7. The number of alkyl halides is 27. The molecule has 7 nitrogen and oxygen atoms in total. The molecule has 9 unspecified atom stereocenters. The van der Waals surface area contributed by atoms with E-state index in [0.29, 0.717) is 32.1 Å². The first kappa shape index (κ1) is 62.4. The Morgan fingerprint density at radius 3 is 1.37 bits per heavy atom. The van der Waals surface area contributed by atoms with Crippen molar-refractivity contribution >= 4 is 5.97 Å². The molecule has 4 bridgehead atoms. The quantitative estimate of drug-likeness (QED) is 0.0781. The molecule has 6 rings (SSSR count). The van der Waals surface area contributed by atoms with Gasteiger partial charge < -0.3 is 29.2 Å². The van der Waals surface area contributed by atoms with Crippen LogP contribution in [-0.4, -0.2) is 120 Å². The molecule has 0 aromatic rings. The lowest BCUT2D eigenvalue weighted by Crippen LogP contribution is -2.75. The molecule has 2 N–H and O–H groups in total. The summed E-state index contributed by atoms with van der Waals surface area (Å²) in [6.45, 7) is 1.11. The van der Waals surface area contributed by atoms with Crippen molar-refractivity contribution in [1.82, 2.24) is 0 Å². The second-order valence-corrected chi connectivity index (χ2v) is 18.4. The minimum Gasteiger partial charge on any atom is -0.459 e. The Hall–Kier alpha value is -3.14. The standard InChI is InChI=1S/C16H13F15O4.C13H16F6O2.C10H10F6O/c1-5(12(17,18)19)9(32)35-8-3-6(10(33,13(20,21)22)14(23,24)25)2-7(4-8)11(34,15(26,27)28)16(29,30)31;1-20-7-21-11(12(14,15)16,13(17,18)19)6-10-5-8-2-3-9(10)4-8;11-9(12,13)8(10(14,15)16)6-4-1-2-5(3-4)7(6)17-8/h6-8,33-34H,1-4H2;2-3,8-10H,4-7H2,1H3;4-7H,1-3H2. The summed E-state index contributed by atoms with van der Waals surface area (Å²) < 4.78 is 368. The lowest BCUT2D eigenvalue weighted by Gasteiger charge is -2.56. The zero-order chi connectivity index (χ0) is 56.7. The fraction of sp³-hybridized carbons (Fsp3) is 0.872. The van der Waals surface area contributed by atoms with E-state index in [-0.39, 0.29) is 17.8 Å². The normalized spacial score (nSPS) is 29.9. The van der Waals surface area contributed by atoms with Gasteiger partial charge in [-0.1, -0.05) is 18.7 Å². The van der Waals surface area contributed by atoms with Gasteiger partial charge in [0.15, 0.2) is 0 Å². The van der Waals surface area contributed by atoms with Crippen molar-refractivity contribution in [2.45, 2.75) is 148 Å². The van der Waals surface area contributed by atoms with Crippen LogP contribution in [-0.2, 0) is 23.7 Å². The first-order valence-corrected chi connectivity index (χ1v) is 20.9. The lowest BCUT2D eigenvalue weighted by molar-refractivity contribution is -0.470. The maximum atomic E-state index is 13.2. The molecule has 426 valence electrons. The number of carbonyl (C=O) groups excluding carboxylic acids is 1. The fourth-order valence-electron chi connectivity index (χ4n) is 10.8. The predicted octanol–water partition coefficient (Wildman–Crippen LogP) is 12.5. The van der Waals surface area contributed by atoms with Crippen LogP contribution in [0.5, 0.6) is 0 Å². The van der Waals surface area contributed by atoms with E-state index in [1.807, 2.05) is 6.08 Å². The van der Waals surface area contributed by atoms with Crippen LogP contribution in [0.15, 0.2) is 24.3 Å². The number of hydrogen-bond acceptors (Lipinski definition) is 7. The van der Waals surface area contributed by atoms with Gasteiger partial charge in [-0.15, -0.1) is 0 Å². The highest BCUT2D eigenvalue weighted by molar-refractivity contribution is 5.89. The van der Waals surface area contributed by atoms with E-state index in [0.717, 1.165) is 7.11 Å². The third kappa shape index (κ3) is 11.2. The first-order chi connectivity index (χ1) is 32.4. The van der Waals surface area contributed by atoms with Gasteiger partial charge in [-0.3, -0.25) is 0 Å². The molecule has 6 aliphatic rings. The molecule has 9 atom stereocenters. The lowest BCUT2D eigenvalue weighted by atomic mass is 9.65. The van der Waals surface area contributed by atoms with Crippen LogP contribution in [0.25, 0.3) is 0 Å². The van der Waals surface area contributed by atoms with Gasteiger partial charge in [0.25, 0.3) is 22.4 Å². The largest absolute Gasteiger partial charge is 0.459 e. The number of aliphatic hydroxyl groups is 2. The maximum absolute atomic E-state index is 13.2. The predicted molar refractivity (Wildman–Crippen MR) is 185 cm³/mol. The smallest absolute Gasteiger partial charge is 0.426 e. The van der Waals surface area contributed by atoms with Gasteiger partial charge in [0.1, 0.15) is 18.5 Å². The molecule has 5 fully saturated rings. The van der Waals surface area contributed by atoms with Gasteiger partial charge >= 0.3 is 61.6 Å². The zero-order valence-electron chi connectivity index (χ0n) is 36.3. The molecule has 5 aliphatic carbocycles. The van der Waals surface area contributed by atoms with Crippen molar-refractivity contribution in [1.29, 1.82) is 0 Å². The molecule has 4 saturated carbocycles. The van der Waals surface area contributed by atoms with Gasteiger partial charge in [0, 0.05) is 24.9 Å².